The number of rotatable bonds is 5. The van der Waals surface area contributed by atoms with Crippen LogP contribution in [0.15, 0.2) is 12.1 Å². The van der Waals surface area contributed by atoms with Gasteiger partial charge < -0.3 is 14.6 Å². The van der Waals surface area contributed by atoms with Crippen molar-refractivity contribution in [2.75, 3.05) is 13.7 Å². The summed E-state index contributed by atoms with van der Waals surface area (Å²) in [6.07, 6.45) is -0.0254. The Bertz CT molecular complexity index is 477. The highest BCUT2D eigenvalue weighted by molar-refractivity contribution is 5.75. The van der Waals surface area contributed by atoms with Crippen molar-refractivity contribution in [1.29, 1.82) is 5.26 Å². The number of aliphatic hydroxyl groups is 1. The van der Waals surface area contributed by atoms with Gasteiger partial charge in [0.15, 0.2) is 0 Å². The van der Waals surface area contributed by atoms with Gasteiger partial charge in [-0.25, -0.2) is 0 Å². The van der Waals surface area contributed by atoms with Crippen molar-refractivity contribution < 1.29 is 19.4 Å². The number of carbonyl (C=O) groups excluding carboxylic acids is 1. The van der Waals surface area contributed by atoms with E-state index in [2.05, 4.69) is 0 Å². The summed E-state index contributed by atoms with van der Waals surface area (Å²) >= 11 is 0. The fourth-order valence-electron chi connectivity index (χ4n) is 1.69. The first-order chi connectivity index (χ1) is 8.67. The van der Waals surface area contributed by atoms with Crippen LogP contribution >= 0.6 is 0 Å². The maximum atomic E-state index is 11.5. The molecule has 0 amide bonds. The highest BCUT2D eigenvalue weighted by atomic mass is 16.5. The van der Waals surface area contributed by atoms with Gasteiger partial charge in [0.05, 0.1) is 32.3 Å². The molecule has 0 aliphatic rings. The summed E-state index contributed by atoms with van der Waals surface area (Å²) in [5, 5.41) is 18.2. The van der Waals surface area contributed by atoms with Crippen molar-refractivity contribution in [3.8, 4) is 11.8 Å². The first-order valence-corrected chi connectivity index (χ1v) is 5.53. The molecule has 0 atom stereocenters. The first-order valence-electron chi connectivity index (χ1n) is 5.53. The second-order valence-corrected chi connectivity index (χ2v) is 3.54. The number of hydrogen-bond acceptors (Lipinski definition) is 5. The molecule has 0 fully saturated rings. The van der Waals surface area contributed by atoms with Gasteiger partial charge in [-0.15, -0.1) is 0 Å². The third kappa shape index (κ3) is 2.99. The zero-order valence-corrected chi connectivity index (χ0v) is 10.4. The summed E-state index contributed by atoms with van der Waals surface area (Å²) < 4.78 is 10.0. The number of methoxy groups -OCH3 is 1. The highest BCUT2D eigenvalue weighted by Crippen LogP contribution is 2.27. The maximum absolute atomic E-state index is 11.5. The van der Waals surface area contributed by atoms with Gasteiger partial charge in [-0.1, -0.05) is 6.07 Å². The Labute approximate surface area is 106 Å². The van der Waals surface area contributed by atoms with Crippen LogP contribution in [0.1, 0.15) is 23.6 Å². The van der Waals surface area contributed by atoms with Gasteiger partial charge in [-0.2, -0.15) is 5.26 Å². The molecule has 5 heteroatoms. The molecule has 0 aliphatic heterocycles. The lowest BCUT2D eigenvalue weighted by molar-refractivity contribution is -0.142. The van der Waals surface area contributed by atoms with Crippen LogP contribution in [-0.4, -0.2) is 24.8 Å². The maximum Gasteiger partial charge on any atom is 0.310 e. The van der Waals surface area contributed by atoms with Gasteiger partial charge in [0.1, 0.15) is 11.8 Å². The van der Waals surface area contributed by atoms with Crippen LogP contribution in [0.2, 0.25) is 0 Å². The van der Waals surface area contributed by atoms with E-state index >= 15 is 0 Å². The summed E-state index contributed by atoms with van der Waals surface area (Å²) in [6, 6.07) is 5.15. The van der Waals surface area contributed by atoms with Crippen molar-refractivity contribution in [1.82, 2.24) is 0 Å². The topological polar surface area (TPSA) is 79.5 Å². The minimum atomic E-state index is -0.416. The lowest BCUT2D eigenvalue weighted by Crippen LogP contribution is -2.11. The Kier molecular flexibility index (Phi) is 5.15. The third-order valence-electron chi connectivity index (χ3n) is 2.48. The van der Waals surface area contributed by atoms with E-state index in [1.807, 2.05) is 6.07 Å². The van der Waals surface area contributed by atoms with Crippen LogP contribution in [0, 0.1) is 11.3 Å². The molecular formula is C13H15NO4. The number of aliphatic hydroxyl groups excluding tert-OH is 1. The van der Waals surface area contributed by atoms with E-state index in [1.165, 1.54) is 7.11 Å². The van der Waals surface area contributed by atoms with E-state index < -0.39 is 5.97 Å². The molecule has 0 saturated heterocycles. The lowest BCUT2D eigenvalue weighted by Gasteiger charge is -2.13. The van der Waals surface area contributed by atoms with E-state index in [0.29, 0.717) is 22.4 Å². The molecule has 1 N–H and O–H groups in total. The minimum Gasteiger partial charge on any atom is -0.495 e. The molecule has 0 radical (unpaired) electrons. The SMILES string of the molecule is CCOC(=O)Cc1c(CO)ccc(C#N)c1OC. The number of carbonyl (C=O) groups is 1. The molecule has 0 unspecified atom stereocenters. The quantitative estimate of drug-likeness (QED) is 0.792. The fourth-order valence-corrected chi connectivity index (χ4v) is 1.69. The molecule has 1 rings (SSSR count). The number of benzene rings is 1. The van der Waals surface area contributed by atoms with Gasteiger partial charge in [-0.05, 0) is 18.6 Å². The Morgan fingerprint density at radius 2 is 2.22 bits per heavy atom. The largest absolute Gasteiger partial charge is 0.495 e. The molecule has 0 aromatic heterocycles. The van der Waals surface area contributed by atoms with Crippen LogP contribution in [0.25, 0.3) is 0 Å². The normalized spacial score (nSPS) is 9.67. The van der Waals surface area contributed by atoms with Crippen molar-refractivity contribution in [3.63, 3.8) is 0 Å². The minimum absolute atomic E-state index is 0.0254. The van der Waals surface area contributed by atoms with E-state index in [-0.39, 0.29) is 19.6 Å². The van der Waals surface area contributed by atoms with Gasteiger partial charge in [0.2, 0.25) is 0 Å². The molecule has 0 spiro atoms. The van der Waals surface area contributed by atoms with E-state index in [1.54, 1.807) is 19.1 Å². The third-order valence-corrected chi connectivity index (χ3v) is 2.48. The van der Waals surface area contributed by atoms with Crippen molar-refractivity contribution in [2.45, 2.75) is 20.0 Å². The Morgan fingerprint density at radius 3 is 2.72 bits per heavy atom. The molecule has 0 heterocycles. The van der Waals surface area contributed by atoms with Gasteiger partial charge in [-0.3, -0.25) is 4.79 Å². The number of esters is 1. The van der Waals surface area contributed by atoms with Crippen LogP contribution in [0.5, 0.6) is 5.75 Å². The lowest BCUT2D eigenvalue weighted by atomic mass is 10.00. The molecule has 96 valence electrons. The molecule has 0 saturated carbocycles. The zero-order valence-electron chi connectivity index (χ0n) is 10.4. The van der Waals surface area contributed by atoms with Gasteiger partial charge in [0.25, 0.3) is 0 Å². The first kappa shape index (κ1) is 14.0. The Hall–Kier alpha value is -2.06. The van der Waals surface area contributed by atoms with Crippen LogP contribution in [0.3, 0.4) is 0 Å². The Balaban J connectivity index is 3.20. The molecule has 0 aliphatic carbocycles. The summed E-state index contributed by atoms with van der Waals surface area (Å²) in [5.41, 5.74) is 1.38. The zero-order chi connectivity index (χ0) is 13.5. The molecular weight excluding hydrogens is 234 g/mol. The smallest absolute Gasteiger partial charge is 0.310 e. The van der Waals surface area contributed by atoms with E-state index in [4.69, 9.17) is 14.7 Å². The van der Waals surface area contributed by atoms with E-state index in [0.717, 1.165) is 0 Å². The summed E-state index contributed by atoms with van der Waals surface area (Å²) in [5.74, 6) is -0.0994. The van der Waals surface area contributed by atoms with E-state index in [9.17, 15) is 9.90 Å². The van der Waals surface area contributed by atoms with Crippen LogP contribution in [-0.2, 0) is 22.6 Å². The number of hydrogen-bond donors (Lipinski definition) is 1. The molecule has 1 aromatic rings. The second kappa shape index (κ2) is 6.62. The van der Waals surface area contributed by atoms with Crippen molar-refractivity contribution in [3.05, 3.63) is 28.8 Å². The van der Waals surface area contributed by atoms with Gasteiger partial charge in [0, 0.05) is 5.56 Å². The highest BCUT2D eigenvalue weighted by Gasteiger charge is 2.17. The van der Waals surface area contributed by atoms with Gasteiger partial charge >= 0.3 is 5.97 Å². The second-order valence-electron chi connectivity index (χ2n) is 3.54. The van der Waals surface area contributed by atoms with Crippen LogP contribution in [0.4, 0.5) is 0 Å². The summed E-state index contributed by atoms with van der Waals surface area (Å²) in [7, 11) is 1.42. The average molecular weight is 249 g/mol. The summed E-state index contributed by atoms with van der Waals surface area (Å²) in [4.78, 5) is 11.5. The molecule has 18 heavy (non-hydrogen) atoms. The monoisotopic (exact) mass is 249 g/mol. The number of nitriles is 1. The van der Waals surface area contributed by atoms with Crippen LogP contribution < -0.4 is 4.74 Å². The predicted molar refractivity (Wildman–Crippen MR) is 64.0 cm³/mol. The number of nitrogens with zero attached hydrogens (tertiary/aromatic N) is 1. The predicted octanol–water partition coefficient (Wildman–Crippen LogP) is 1.16. The number of ether oxygens (including phenoxy) is 2. The Morgan fingerprint density at radius 1 is 1.50 bits per heavy atom. The standard InChI is InChI=1S/C13H15NO4/c1-3-18-12(16)6-11-10(8-15)5-4-9(7-14)13(11)17-2/h4-5,15H,3,6,8H2,1-2H3. The average Bonchev–Trinajstić information content (AvgIpc) is 2.38. The summed E-state index contributed by atoms with van der Waals surface area (Å²) in [6.45, 7) is 1.78. The molecule has 0 bridgehead atoms. The van der Waals surface area contributed by atoms with Crippen molar-refractivity contribution >= 4 is 5.97 Å². The molecule has 1 aromatic carbocycles. The van der Waals surface area contributed by atoms with Crippen molar-refractivity contribution in [2.24, 2.45) is 0 Å². The fraction of sp³-hybridized carbons (Fsp3) is 0.385. The molecule has 5 nitrogen and oxygen atoms in total.